The van der Waals surface area contributed by atoms with Gasteiger partial charge in [-0.3, -0.25) is 4.79 Å². The van der Waals surface area contributed by atoms with Crippen LogP contribution in [0, 0.1) is 0 Å². The molecule has 1 aliphatic rings. The van der Waals surface area contributed by atoms with E-state index in [0.717, 1.165) is 40.8 Å². The minimum atomic E-state index is -0.245. The van der Waals surface area contributed by atoms with Crippen molar-refractivity contribution in [2.24, 2.45) is 0 Å². The molecule has 1 amide bonds. The SMILES string of the molecule is Nc1ccccc1NC(=O)/C=C/c1ccc(COCNc2nc(Nc3ccccc3)c3ncn(C4CCCC4)c3n2)cc1. The quantitative estimate of drug-likeness (QED) is 0.0608. The molecule has 1 saturated carbocycles. The number of para-hydroxylation sites is 3. The van der Waals surface area contributed by atoms with Gasteiger partial charge in [-0.2, -0.15) is 9.97 Å². The Morgan fingerprint density at radius 1 is 0.977 bits per heavy atom. The number of nitrogens with zero attached hydrogens (tertiary/aromatic N) is 4. The van der Waals surface area contributed by atoms with Crippen LogP contribution in [-0.4, -0.2) is 32.2 Å². The van der Waals surface area contributed by atoms with Gasteiger partial charge in [-0.15, -0.1) is 0 Å². The Bertz CT molecular complexity index is 1710. The van der Waals surface area contributed by atoms with E-state index in [-0.39, 0.29) is 12.6 Å². The summed E-state index contributed by atoms with van der Waals surface area (Å²) in [5.41, 5.74) is 11.4. The Kier molecular flexibility index (Phi) is 8.56. The van der Waals surface area contributed by atoms with Crippen LogP contribution in [0.1, 0.15) is 42.9 Å². The van der Waals surface area contributed by atoms with Crippen molar-refractivity contribution in [3.05, 3.63) is 102 Å². The third-order valence-corrected chi connectivity index (χ3v) is 7.40. The fourth-order valence-corrected chi connectivity index (χ4v) is 5.16. The lowest BCUT2D eigenvalue weighted by Crippen LogP contribution is -2.11. The fraction of sp³-hybridized carbons (Fsp3) is 0.212. The Morgan fingerprint density at radius 2 is 1.74 bits per heavy atom. The molecule has 0 aliphatic heterocycles. The molecule has 0 spiro atoms. The maximum atomic E-state index is 12.3. The van der Waals surface area contributed by atoms with E-state index in [1.165, 1.54) is 18.9 Å². The number of carbonyl (C=O) groups excluding carboxylic acids is 1. The van der Waals surface area contributed by atoms with Crippen molar-refractivity contribution < 1.29 is 9.53 Å². The van der Waals surface area contributed by atoms with Crippen LogP contribution in [0.2, 0.25) is 0 Å². The van der Waals surface area contributed by atoms with Crippen molar-refractivity contribution in [3.8, 4) is 0 Å². The third-order valence-electron chi connectivity index (χ3n) is 7.40. The molecule has 0 radical (unpaired) electrons. The van der Waals surface area contributed by atoms with Crippen molar-refractivity contribution in [1.29, 1.82) is 0 Å². The summed E-state index contributed by atoms with van der Waals surface area (Å²) < 4.78 is 8.08. The average molecular weight is 575 g/mol. The summed E-state index contributed by atoms with van der Waals surface area (Å²) in [5.74, 6) is 0.881. The highest BCUT2D eigenvalue weighted by molar-refractivity contribution is 6.03. The van der Waals surface area contributed by atoms with Crippen LogP contribution in [0.3, 0.4) is 0 Å². The van der Waals surface area contributed by atoms with E-state index in [2.05, 4.69) is 25.5 Å². The second-order valence-corrected chi connectivity index (χ2v) is 10.5. The van der Waals surface area contributed by atoms with Gasteiger partial charge in [-0.05, 0) is 54.3 Å². The van der Waals surface area contributed by atoms with Crippen molar-refractivity contribution in [2.75, 3.05) is 28.4 Å². The van der Waals surface area contributed by atoms with Gasteiger partial charge >= 0.3 is 0 Å². The number of nitrogen functional groups attached to an aromatic ring is 1. The molecule has 2 aromatic heterocycles. The normalized spacial score (nSPS) is 13.5. The van der Waals surface area contributed by atoms with Gasteiger partial charge in [0.15, 0.2) is 17.0 Å². The molecule has 43 heavy (non-hydrogen) atoms. The van der Waals surface area contributed by atoms with E-state index in [4.69, 9.17) is 20.4 Å². The van der Waals surface area contributed by atoms with Crippen molar-refractivity contribution in [1.82, 2.24) is 19.5 Å². The van der Waals surface area contributed by atoms with Gasteiger partial charge in [0.05, 0.1) is 24.3 Å². The molecular weight excluding hydrogens is 540 g/mol. The van der Waals surface area contributed by atoms with Gasteiger partial charge in [0.2, 0.25) is 11.9 Å². The molecule has 2 heterocycles. The topological polar surface area (TPSA) is 132 Å². The van der Waals surface area contributed by atoms with Gasteiger partial charge in [0.25, 0.3) is 0 Å². The third kappa shape index (κ3) is 6.99. The molecule has 10 nitrogen and oxygen atoms in total. The first kappa shape index (κ1) is 27.9. The van der Waals surface area contributed by atoms with Crippen molar-refractivity contribution in [2.45, 2.75) is 38.3 Å². The smallest absolute Gasteiger partial charge is 0.248 e. The first-order valence-corrected chi connectivity index (χ1v) is 14.4. The summed E-state index contributed by atoms with van der Waals surface area (Å²) in [6.45, 7) is 0.639. The number of anilines is 5. The van der Waals surface area contributed by atoms with E-state index in [0.29, 0.717) is 35.8 Å². The van der Waals surface area contributed by atoms with Gasteiger partial charge in [-0.1, -0.05) is 67.4 Å². The maximum absolute atomic E-state index is 12.3. The van der Waals surface area contributed by atoms with E-state index >= 15 is 0 Å². The molecule has 0 bridgehead atoms. The van der Waals surface area contributed by atoms with Crippen LogP contribution in [0.25, 0.3) is 17.2 Å². The summed E-state index contributed by atoms with van der Waals surface area (Å²) in [6, 6.07) is 25.3. The predicted octanol–water partition coefficient (Wildman–Crippen LogP) is 6.51. The number of carbonyl (C=O) groups is 1. The number of aromatic nitrogens is 4. The average Bonchev–Trinajstić information content (AvgIpc) is 3.71. The molecule has 6 rings (SSSR count). The lowest BCUT2D eigenvalue weighted by atomic mass is 10.1. The number of imidazole rings is 1. The Labute approximate surface area is 250 Å². The number of rotatable bonds is 11. The number of fused-ring (bicyclic) bond motifs is 1. The lowest BCUT2D eigenvalue weighted by molar-refractivity contribution is -0.111. The largest absolute Gasteiger partial charge is 0.397 e. The van der Waals surface area contributed by atoms with E-state index in [1.54, 1.807) is 18.2 Å². The number of amides is 1. The molecule has 1 aliphatic carbocycles. The van der Waals surface area contributed by atoms with Crippen LogP contribution >= 0.6 is 0 Å². The van der Waals surface area contributed by atoms with E-state index < -0.39 is 0 Å². The summed E-state index contributed by atoms with van der Waals surface area (Å²) in [4.78, 5) is 26.5. The summed E-state index contributed by atoms with van der Waals surface area (Å²) in [6.07, 6.45) is 9.83. The minimum absolute atomic E-state index is 0.234. The summed E-state index contributed by atoms with van der Waals surface area (Å²) in [5, 5.41) is 9.40. The van der Waals surface area contributed by atoms with Crippen LogP contribution < -0.4 is 21.7 Å². The Morgan fingerprint density at radius 3 is 2.53 bits per heavy atom. The van der Waals surface area contributed by atoms with Crippen LogP contribution in [0.15, 0.2) is 91.3 Å². The van der Waals surface area contributed by atoms with Gasteiger partial charge in [0, 0.05) is 17.8 Å². The zero-order valence-corrected chi connectivity index (χ0v) is 23.7. The van der Waals surface area contributed by atoms with E-state index in [9.17, 15) is 4.79 Å². The highest BCUT2D eigenvalue weighted by Crippen LogP contribution is 2.33. The molecule has 0 atom stereocenters. The number of hydrogen-bond donors (Lipinski definition) is 4. The fourth-order valence-electron chi connectivity index (χ4n) is 5.16. The van der Waals surface area contributed by atoms with Crippen LogP contribution in [0.5, 0.6) is 0 Å². The molecule has 0 unspecified atom stereocenters. The van der Waals surface area contributed by atoms with Gasteiger partial charge in [0.1, 0.15) is 6.73 Å². The molecule has 0 saturated heterocycles. The number of hydrogen-bond acceptors (Lipinski definition) is 8. The molecule has 1 fully saturated rings. The molecule has 218 valence electrons. The number of nitrogens with two attached hydrogens (primary N) is 1. The van der Waals surface area contributed by atoms with Gasteiger partial charge in [-0.25, -0.2) is 4.98 Å². The highest BCUT2D eigenvalue weighted by atomic mass is 16.5. The standard InChI is InChI=1S/C33H34N8O2/c34-27-12-6-7-13-28(27)38-29(42)19-18-23-14-16-24(17-15-23)20-43-22-36-33-39-31(37-25-8-2-1-3-9-25)30-32(40-33)41(21-35-30)26-10-4-5-11-26/h1-3,6-9,12-19,21,26H,4-5,10-11,20,22,34H2,(H,38,42)(H2,36,37,39,40)/b19-18+. The summed E-state index contributed by atoms with van der Waals surface area (Å²) >= 11 is 0. The molecule has 10 heteroatoms. The minimum Gasteiger partial charge on any atom is -0.397 e. The second-order valence-electron chi connectivity index (χ2n) is 10.5. The Hall–Kier alpha value is -5.22. The first-order valence-electron chi connectivity index (χ1n) is 14.4. The zero-order chi connectivity index (χ0) is 29.4. The van der Waals surface area contributed by atoms with Crippen molar-refractivity contribution in [3.63, 3.8) is 0 Å². The monoisotopic (exact) mass is 574 g/mol. The van der Waals surface area contributed by atoms with Crippen molar-refractivity contribution >= 4 is 52.0 Å². The highest BCUT2D eigenvalue weighted by Gasteiger charge is 2.22. The predicted molar refractivity (Wildman–Crippen MR) is 171 cm³/mol. The zero-order valence-electron chi connectivity index (χ0n) is 23.7. The summed E-state index contributed by atoms with van der Waals surface area (Å²) in [7, 11) is 0. The Balaban J connectivity index is 1.06. The number of nitrogens with one attached hydrogen (secondary N) is 3. The maximum Gasteiger partial charge on any atom is 0.248 e. The van der Waals surface area contributed by atoms with Crippen LogP contribution in [0.4, 0.5) is 28.8 Å². The lowest BCUT2D eigenvalue weighted by Gasteiger charge is -2.14. The van der Waals surface area contributed by atoms with E-state index in [1.807, 2.05) is 73.1 Å². The molecule has 5 aromatic rings. The first-order chi connectivity index (χ1) is 21.1. The number of benzene rings is 3. The van der Waals surface area contributed by atoms with Crippen LogP contribution in [-0.2, 0) is 16.1 Å². The molecular formula is C33H34N8O2. The molecule has 3 aromatic carbocycles. The molecule has 5 N–H and O–H groups in total. The number of ether oxygens (including phenoxy) is 1. The second kappa shape index (κ2) is 13.2. The van der Waals surface area contributed by atoms with Gasteiger partial charge < -0.3 is 31.0 Å².